The van der Waals surface area contributed by atoms with Crippen molar-refractivity contribution in [2.75, 3.05) is 0 Å². The zero-order valence-corrected chi connectivity index (χ0v) is 12.3. The quantitative estimate of drug-likeness (QED) is 0.671. The Morgan fingerprint density at radius 3 is 2.82 bits per heavy atom. The van der Waals surface area contributed by atoms with Gasteiger partial charge in [0, 0.05) is 6.07 Å². The van der Waals surface area contributed by atoms with Crippen molar-refractivity contribution in [3.63, 3.8) is 0 Å². The number of nitrogens with zero attached hydrogens (tertiary/aromatic N) is 1. The molecule has 3 aromatic rings. The predicted molar refractivity (Wildman–Crippen MR) is 79.7 cm³/mol. The van der Waals surface area contributed by atoms with Gasteiger partial charge in [-0.05, 0) is 29.1 Å². The molecule has 2 heterocycles. The molecule has 3 rings (SSSR count). The first kappa shape index (κ1) is 14.5. The summed E-state index contributed by atoms with van der Waals surface area (Å²) in [7, 11) is 0. The number of carbonyl (C=O) groups excluding carboxylic acids is 1. The van der Waals surface area contributed by atoms with E-state index in [1.165, 1.54) is 12.1 Å². The fourth-order valence-corrected chi connectivity index (χ4v) is 2.56. The smallest absolute Gasteiger partial charge is 0.310 e. The first-order valence-corrected chi connectivity index (χ1v) is 7.48. The Labute approximate surface area is 130 Å². The Morgan fingerprint density at radius 1 is 1.27 bits per heavy atom. The number of aromatic nitrogens is 1. The summed E-state index contributed by atoms with van der Waals surface area (Å²) in [6.45, 7) is 0.0505. The van der Waals surface area contributed by atoms with Crippen LogP contribution in [0.15, 0.2) is 52.4 Å². The Morgan fingerprint density at radius 2 is 2.09 bits per heavy atom. The largest absolute Gasteiger partial charge is 0.459 e. The maximum atomic E-state index is 12.8. The first-order valence-electron chi connectivity index (χ1n) is 6.60. The molecule has 0 aliphatic rings. The van der Waals surface area contributed by atoms with Crippen molar-refractivity contribution in [2.45, 2.75) is 13.0 Å². The van der Waals surface area contributed by atoms with Crippen LogP contribution in [0, 0.1) is 5.82 Å². The number of hydrogen-bond acceptors (Lipinski definition) is 5. The number of carbonyl (C=O) groups is 1. The van der Waals surface area contributed by atoms with Gasteiger partial charge in [0.25, 0.3) is 0 Å². The van der Waals surface area contributed by atoms with Crippen LogP contribution in [-0.2, 0) is 22.6 Å². The van der Waals surface area contributed by atoms with E-state index in [9.17, 15) is 9.18 Å². The maximum absolute atomic E-state index is 12.8. The van der Waals surface area contributed by atoms with Crippen LogP contribution in [0.4, 0.5) is 4.39 Å². The number of benzene rings is 1. The highest BCUT2D eigenvalue weighted by Crippen LogP contribution is 2.25. The molecule has 112 valence electrons. The van der Waals surface area contributed by atoms with Gasteiger partial charge in [-0.3, -0.25) is 4.79 Å². The highest BCUT2D eigenvalue weighted by atomic mass is 32.1. The van der Waals surface area contributed by atoms with Crippen LogP contribution in [0.3, 0.4) is 0 Å². The monoisotopic (exact) mass is 317 g/mol. The number of esters is 1. The number of ether oxygens (including phenoxy) is 1. The minimum atomic E-state index is -0.396. The van der Waals surface area contributed by atoms with Crippen LogP contribution in [-0.4, -0.2) is 11.1 Å². The van der Waals surface area contributed by atoms with Crippen molar-refractivity contribution in [1.29, 1.82) is 0 Å². The Hall–Kier alpha value is -2.47. The fourth-order valence-electron chi connectivity index (χ4n) is 1.89. The summed E-state index contributed by atoms with van der Waals surface area (Å²) < 4.78 is 23.1. The number of thiophene rings is 1. The highest BCUT2D eigenvalue weighted by molar-refractivity contribution is 7.13. The molecule has 6 heteroatoms. The Kier molecular flexibility index (Phi) is 4.29. The molecule has 0 aliphatic carbocycles. The summed E-state index contributed by atoms with van der Waals surface area (Å²) in [6.07, 6.45) is 0.0932. The van der Waals surface area contributed by atoms with E-state index in [-0.39, 0.29) is 18.8 Å². The molecule has 4 nitrogen and oxygen atoms in total. The number of rotatable bonds is 5. The minimum absolute atomic E-state index is 0.0505. The molecular formula is C16H12FNO3S. The number of hydrogen-bond donors (Lipinski definition) is 0. The lowest BCUT2D eigenvalue weighted by atomic mass is 10.1. The second-order valence-corrected chi connectivity index (χ2v) is 5.57. The van der Waals surface area contributed by atoms with Gasteiger partial charge in [0.15, 0.2) is 5.76 Å². The van der Waals surface area contributed by atoms with E-state index in [1.807, 2.05) is 17.5 Å². The van der Waals surface area contributed by atoms with E-state index < -0.39 is 5.97 Å². The topological polar surface area (TPSA) is 52.3 Å². The molecule has 0 fully saturated rings. The molecule has 0 aliphatic heterocycles. The van der Waals surface area contributed by atoms with Crippen LogP contribution >= 0.6 is 11.3 Å². The Bertz CT molecular complexity index is 750. The molecule has 0 N–H and O–H groups in total. The average Bonchev–Trinajstić information content (AvgIpc) is 3.18. The van der Waals surface area contributed by atoms with Crippen LogP contribution in [0.25, 0.3) is 10.6 Å². The average molecular weight is 317 g/mol. The van der Waals surface area contributed by atoms with Crippen LogP contribution in [0.1, 0.15) is 11.3 Å². The lowest BCUT2D eigenvalue weighted by molar-refractivity contribution is -0.144. The fraction of sp³-hybridized carbons (Fsp3) is 0.125. The van der Waals surface area contributed by atoms with Gasteiger partial charge >= 0.3 is 5.97 Å². The number of halogens is 1. The zero-order chi connectivity index (χ0) is 15.4. The van der Waals surface area contributed by atoms with Gasteiger partial charge in [-0.15, -0.1) is 11.3 Å². The van der Waals surface area contributed by atoms with Crippen LogP contribution in [0.5, 0.6) is 0 Å². The van der Waals surface area contributed by atoms with Crippen molar-refractivity contribution in [3.8, 4) is 10.6 Å². The van der Waals surface area contributed by atoms with Gasteiger partial charge in [-0.1, -0.05) is 23.4 Å². The molecule has 0 radical (unpaired) electrons. The van der Waals surface area contributed by atoms with Crippen molar-refractivity contribution >= 4 is 17.3 Å². The molecule has 0 amide bonds. The molecule has 0 saturated heterocycles. The van der Waals surface area contributed by atoms with E-state index in [4.69, 9.17) is 9.26 Å². The van der Waals surface area contributed by atoms with Gasteiger partial charge in [0.2, 0.25) is 0 Å². The van der Waals surface area contributed by atoms with Gasteiger partial charge < -0.3 is 9.26 Å². The van der Waals surface area contributed by atoms with E-state index in [2.05, 4.69) is 5.16 Å². The lowest BCUT2D eigenvalue weighted by Gasteiger charge is -2.02. The van der Waals surface area contributed by atoms with Crippen molar-refractivity contribution < 1.29 is 18.4 Å². The van der Waals surface area contributed by atoms with E-state index >= 15 is 0 Å². The summed E-state index contributed by atoms with van der Waals surface area (Å²) in [6, 6.07) is 11.3. The summed E-state index contributed by atoms with van der Waals surface area (Å²) in [4.78, 5) is 12.7. The SMILES string of the molecule is O=C(Cc1ccc(F)cc1)OCc1cc(-c2cccs2)on1. The van der Waals surface area contributed by atoms with Crippen LogP contribution in [0.2, 0.25) is 0 Å². The third-order valence-electron chi connectivity index (χ3n) is 2.97. The zero-order valence-electron chi connectivity index (χ0n) is 11.5. The molecule has 0 atom stereocenters. The first-order chi connectivity index (χ1) is 10.7. The van der Waals surface area contributed by atoms with Crippen molar-refractivity contribution in [1.82, 2.24) is 5.16 Å². The third kappa shape index (κ3) is 3.59. The van der Waals surface area contributed by atoms with E-state index in [1.54, 1.807) is 29.5 Å². The van der Waals surface area contributed by atoms with E-state index in [0.717, 1.165) is 4.88 Å². The second kappa shape index (κ2) is 6.53. The normalized spacial score (nSPS) is 10.6. The van der Waals surface area contributed by atoms with Gasteiger partial charge in [0.1, 0.15) is 18.1 Å². The predicted octanol–water partition coefficient (Wildman–Crippen LogP) is 3.83. The summed E-state index contributed by atoms with van der Waals surface area (Å²) >= 11 is 1.54. The van der Waals surface area contributed by atoms with Gasteiger partial charge in [0.05, 0.1) is 11.3 Å². The molecule has 1 aromatic carbocycles. The van der Waals surface area contributed by atoms with Crippen molar-refractivity contribution in [2.24, 2.45) is 0 Å². The van der Waals surface area contributed by atoms with Crippen molar-refractivity contribution in [3.05, 3.63) is 64.9 Å². The summed E-state index contributed by atoms with van der Waals surface area (Å²) in [5.74, 6) is -0.0762. The maximum Gasteiger partial charge on any atom is 0.310 e. The Balaban J connectivity index is 1.54. The minimum Gasteiger partial charge on any atom is -0.459 e. The molecule has 22 heavy (non-hydrogen) atoms. The second-order valence-electron chi connectivity index (χ2n) is 4.62. The summed E-state index contributed by atoms with van der Waals surface area (Å²) in [5, 5.41) is 5.81. The molecule has 0 bridgehead atoms. The standard InChI is InChI=1S/C16H12FNO3S/c17-12-5-3-11(4-6-12)8-16(19)20-10-13-9-14(21-18-13)15-2-1-7-22-15/h1-7,9H,8,10H2. The molecular weight excluding hydrogens is 305 g/mol. The third-order valence-corrected chi connectivity index (χ3v) is 3.85. The van der Waals surface area contributed by atoms with Gasteiger partial charge in [-0.25, -0.2) is 4.39 Å². The molecule has 0 unspecified atom stereocenters. The molecule has 0 spiro atoms. The summed E-state index contributed by atoms with van der Waals surface area (Å²) in [5.41, 5.74) is 1.25. The molecule has 2 aromatic heterocycles. The van der Waals surface area contributed by atoms with Gasteiger partial charge in [-0.2, -0.15) is 0 Å². The lowest BCUT2D eigenvalue weighted by Crippen LogP contribution is -2.08. The molecule has 0 saturated carbocycles. The van der Waals surface area contributed by atoms with E-state index in [0.29, 0.717) is 17.0 Å². The highest BCUT2D eigenvalue weighted by Gasteiger charge is 2.10. The van der Waals surface area contributed by atoms with Crippen LogP contribution < -0.4 is 0 Å².